The van der Waals surface area contributed by atoms with Crippen LogP contribution in [0.15, 0.2) is 29.6 Å². The van der Waals surface area contributed by atoms with Gasteiger partial charge in [0.2, 0.25) is 0 Å². The number of halogens is 2. The predicted molar refractivity (Wildman–Crippen MR) is 79.6 cm³/mol. The van der Waals surface area contributed by atoms with E-state index in [-0.39, 0.29) is 17.5 Å². The Morgan fingerprint density at radius 2 is 2.25 bits per heavy atom. The molecular weight excluding hydrogens is 299 g/mol. The molecule has 0 aliphatic carbocycles. The van der Waals surface area contributed by atoms with Crippen LogP contribution in [0, 0.1) is 17.7 Å². The van der Waals surface area contributed by atoms with Crippen LogP contribution >= 0.6 is 22.9 Å². The first-order chi connectivity index (χ1) is 9.61. The Bertz CT molecular complexity index is 703. The van der Waals surface area contributed by atoms with E-state index in [0.717, 1.165) is 6.07 Å². The summed E-state index contributed by atoms with van der Waals surface area (Å²) < 4.78 is 12.9. The van der Waals surface area contributed by atoms with Crippen molar-refractivity contribution in [2.75, 3.05) is 11.9 Å². The van der Waals surface area contributed by atoms with E-state index in [1.165, 1.54) is 23.5 Å². The normalized spacial score (nSPS) is 9.75. The van der Waals surface area contributed by atoms with Gasteiger partial charge in [-0.3, -0.25) is 4.79 Å². The molecule has 3 N–H and O–H groups in total. The van der Waals surface area contributed by atoms with Gasteiger partial charge < -0.3 is 11.1 Å². The molecule has 6 heteroatoms. The number of amides is 1. The lowest BCUT2D eigenvalue weighted by atomic mass is 10.2. The number of rotatable bonds is 2. The zero-order valence-corrected chi connectivity index (χ0v) is 11.8. The second-order valence-corrected chi connectivity index (χ2v) is 5.07. The third-order valence-electron chi connectivity index (χ3n) is 2.38. The Balaban J connectivity index is 2.22. The van der Waals surface area contributed by atoms with Crippen LogP contribution in [0.2, 0.25) is 5.02 Å². The smallest absolute Gasteiger partial charge is 0.267 e. The summed E-state index contributed by atoms with van der Waals surface area (Å²) in [6.45, 7) is 0.223. The number of hydrogen-bond acceptors (Lipinski definition) is 3. The minimum atomic E-state index is -0.460. The molecule has 0 spiro atoms. The highest BCUT2D eigenvalue weighted by Gasteiger charge is 2.13. The van der Waals surface area contributed by atoms with Crippen LogP contribution < -0.4 is 11.1 Å². The van der Waals surface area contributed by atoms with Gasteiger partial charge in [-0.25, -0.2) is 4.39 Å². The largest absolute Gasteiger partial charge is 0.320 e. The van der Waals surface area contributed by atoms with Gasteiger partial charge in [0.15, 0.2) is 0 Å². The van der Waals surface area contributed by atoms with E-state index in [9.17, 15) is 9.18 Å². The molecule has 0 aliphatic rings. The highest BCUT2D eigenvalue weighted by atomic mass is 35.5. The molecular formula is C14H10ClFN2OS. The molecule has 0 saturated carbocycles. The Morgan fingerprint density at radius 3 is 2.95 bits per heavy atom. The lowest BCUT2D eigenvalue weighted by Crippen LogP contribution is -2.12. The van der Waals surface area contributed by atoms with Crippen molar-refractivity contribution in [2.24, 2.45) is 5.73 Å². The summed E-state index contributed by atoms with van der Waals surface area (Å²) in [5.41, 5.74) is 6.26. The first kappa shape index (κ1) is 14.5. The van der Waals surface area contributed by atoms with Crippen molar-refractivity contribution in [2.45, 2.75) is 0 Å². The topological polar surface area (TPSA) is 55.1 Å². The molecule has 0 atom stereocenters. The fourth-order valence-corrected chi connectivity index (χ4v) is 2.46. The third kappa shape index (κ3) is 3.36. The molecule has 1 heterocycles. The Labute approximate surface area is 124 Å². The van der Waals surface area contributed by atoms with E-state index in [2.05, 4.69) is 17.2 Å². The molecule has 1 aromatic carbocycles. The van der Waals surface area contributed by atoms with Gasteiger partial charge in [-0.05, 0) is 29.6 Å². The van der Waals surface area contributed by atoms with Gasteiger partial charge in [0.25, 0.3) is 5.91 Å². The summed E-state index contributed by atoms with van der Waals surface area (Å²) in [6.07, 6.45) is 0. The minimum Gasteiger partial charge on any atom is -0.320 e. The third-order valence-corrected chi connectivity index (χ3v) is 3.60. The Hall–Kier alpha value is -1.87. The number of anilines is 1. The first-order valence-electron chi connectivity index (χ1n) is 5.64. The van der Waals surface area contributed by atoms with E-state index in [1.807, 2.05) is 0 Å². The fourth-order valence-electron chi connectivity index (χ4n) is 1.50. The SMILES string of the molecule is NCC#Cc1ccsc1C(=O)Nc1ccc(F)cc1Cl. The number of carbonyl (C=O) groups is 1. The molecule has 0 radical (unpaired) electrons. The summed E-state index contributed by atoms with van der Waals surface area (Å²) in [5.74, 6) is 4.72. The molecule has 2 rings (SSSR count). The zero-order chi connectivity index (χ0) is 14.5. The summed E-state index contributed by atoms with van der Waals surface area (Å²) in [6, 6.07) is 5.52. The quantitative estimate of drug-likeness (QED) is 0.838. The highest BCUT2D eigenvalue weighted by molar-refractivity contribution is 7.12. The van der Waals surface area contributed by atoms with Gasteiger partial charge in [-0.1, -0.05) is 23.4 Å². The molecule has 20 heavy (non-hydrogen) atoms. The molecule has 102 valence electrons. The standard InChI is InChI=1S/C14H10ClFN2OS/c15-11-8-10(16)3-4-12(11)18-14(19)13-9(2-1-6-17)5-7-20-13/h3-5,7-8H,6,17H2,(H,18,19). The van der Waals surface area contributed by atoms with Crippen LogP contribution in [0.25, 0.3) is 0 Å². The van der Waals surface area contributed by atoms with Crippen molar-refractivity contribution in [3.8, 4) is 11.8 Å². The van der Waals surface area contributed by atoms with E-state index in [4.69, 9.17) is 17.3 Å². The number of hydrogen-bond donors (Lipinski definition) is 2. The van der Waals surface area contributed by atoms with E-state index in [0.29, 0.717) is 16.1 Å². The highest BCUT2D eigenvalue weighted by Crippen LogP contribution is 2.24. The summed E-state index contributed by atoms with van der Waals surface area (Å²) in [4.78, 5) is 12.6. The van der Waals surface area contributed by atoms with Gasteiger partial charge in [0.05, 0.1) is 17.3 Å². The maximum absolute atomic E-state index is 12.9. The molecule has 0 unspecified atom stereocenters. The van der Waals surface area contributed by atoms with Crippen molar-refractivity contribution >= 4 is 34.5 Å². The first-order valence-corrected chi connectivity index (χ1v) is 6.90. The fraction of sp³-hybridized carbons (Fsp3) is 0.0714. The molecule has 1 aromatic heterocycles. The minimum absolute atomic E-state index is 0.143. The Morgan fingerprint density at radius 1 is 1.45 bits per heavy atom. The van der Waals surface area contributed by atoms with Crippen molar-refractivity contribution in [1.29, 1.82) is 0 Å². The number of nitrogens with two attached hydrogens (primary N) is 1. The lowest BCUT2D eigenvalue weighted by molar-refractivity contribution is 0.103. The van der Waals surface area contributed by atoms with Crippen LogP contribution in [-0.2, 0) is 0 Å². The van der Waals surface area contributed by atoms with Crippen LogP contribution in [0.3, 0.4) is 0 Å². The average molecular weight is 309 g/mol. The van der Waals surface area contributed by atoms with Crippen molar-refractivity contribution in [1.82, 2.24) is 0 Å². The maximum atomic E-state index is 12.9. The number of benzene rings is 1. The Kier molecular flexibility index (Phi) is 4.74. The van der Waals surface area contributed by atoms with E-state index in [1.54, 1.807) is 11.4 Å². The maximum Gasteiger partial charge on any atom is 0.267 e. The number of thiophene rings is 1. The molecule has 0 aliphatic heterocycles. The summed E-state index contributed by atoms with van der Waals surface area (Å²) in [5, 5.41) is 4.54. The average Bonchev–Trinajstić information content (AvgIpc) is 2.88. The van der Waals surface area contributed by atoms with E-state index < -0.39 is 5.82 Å². The second kappa shape index (κ2) is 6.53. The summed E-state index contributed by atoms with van der Waals surface area (Å²) in [7, 11) is 0. The monoisotopic (exact) mass is 308 g/mol. The number of carbonyl (C=O) groups excluding carboxylic acids is 1. The van der Waals surface area contributed by atoms with Crippen LogP contribution in [0.5, 0.6) is 0 Å². The zero-order valence-electron chi connectivity index (χ0n) is 10.2. The molecule has 3 nitrogen and oxygen atoms in total. The molecule has 1 amide bonds. The number of nitrogens with one attached hydrogen (secondary N) is 1. The van der Waals surface area contributed by atoms with Crippen LogP contribution in [0.4, 0.5) is 10.1 Å². The van der Waals surface area contributed by atoms with Crippen molar-refractivity contribution in [3.05, 3.63) is 50.9 Å². The van der Waals surface area contributed by atoms with Gasteiger partial charge in [-0.15, -0.1) is 11.3 Å². The van der Waals surface area contributed by atoms with Gasteiger partial charge >= 0.3 is 0 Å². The molecule has 0 saturated heterocycles. The predicted octanol–water partition coefficient (Wildman–Crippen LogP) is 3.10. The summed E-state index contributed by atoms with van der Waals surface area (Å²) >= 11 is 7.13. The second-order valence-electron chi connectivity index (χ2n) is 3.75. The molecule has 2 aromatic rings. The van der Waals surface area contributed by atoms with Gasteiger partial charge in [-0.2, -0.15) is 0 Å². The lowest BCUT2D eigenvalue weighted by Gasteiger charge is -2.06. The van der Waals surface area contributed by atoms with Gasteiger partial charge in [0.1, 0.15) is 10.7 Å². The molecule has 0 fully saturated rings. The van der Waals surface area contributed by atoms with Crippen molar-refractivity contribution in [3.63, 3.8) is 0 Å². The molecule has 0 bridgehead atoms. The van der Waals surface area contributed by atoms with Crippen LogP contribution in [-0.4, -0.2) is 12.5 Å². The van der Waals surface area contributed by atoms with Gasteiger partial charge in [0, 0.05) is 5.56 Å². The van der Waals surface area contributed by atoms with Crippen molar-refractivity contribution < 1.29 is 9.18 Å². The van der Waals surface area contributed by atoms with Crippen LogP contribution in [0.1, 0.15) is 15.2 Å². The van der Waals surface area contributed by atoms with E-state index >= 15 is 0 Å².